The number of fused-ring (bicyclic) bond motifs is 1. The molecule has 1 aliphatic carbocycles. The summed E-state index contributed by atoms with van der Waals surface area (Å²) >= 11 is 0. The Morgan fingerprint density at radius 1 is 1.07 bits per heavy atom. The first-order valence-electron chi connectivity index (χ1n) is 11.0. The molecule has 1 saturated carbocycles. The van der Waals surface area contributed by atoms with Crippen LogP contribution in [-0.4, -0.2) is 58.2 Å². The van der Waals surface area contributed by atoms with Crippen LogP contribution >= 0.6 is 0 Å². The van der Waals surface area contributed by atoms with E-state index in [1.807, 2.05) is 18.2 Å². The van der Waals surface area contributed by atoms with Crippen molar-refractivity contribution in [3.05, 3.63) is 18.2 Å². The third-order valence-corrected chi connectivity index (χ3v) is 5.30. The summed E-state index contributed by atoms with van der Waals surface area (Å²) in [6.07, 6.45) is 6.98. The van der Waals surface area contributed by atoms with Gasteiger partial charge in [0, 0.05) is 44.5 Å². The molecule has 7 heteroatoms. The summed E-state index contributed by atoms with van der Waals surface area (Å²) in [4.78, 5) is 4.75. The zero-order valence-corrected chi connectivity index (χ0v) is 17.2. The zero-order chi connectivity index (χ0) is 19.7. The quantitative estimate of drug-likeness (QED) is 0.375. The maximum Gasteiger partial charge on any atom is 0.195 e. The molecule has 2 fully saturated rings. The van der Waals surface area contributed by atoms with Gasteiger partial charge in [0.25, 0.3) is 0 Å². The van der Waals surface area contributed by atoms with E-state index in [-0.39, 0.29) is 0 Å². The fourth-order valence-corrected chi connectivity index (χ4v) is 3.41. The fraction of sp³-hybridized carbons (Fsp3) is 0.682. The van der Waals surface area contributed by atoms with Crippen LogP contribution < -0.4 is 20.1 Å². The Bertz CT molecular complexity index is 672. The normalized spacial score (nSPS) is 21.7. The minimum Gasteiger partial charge on any atom is -0.490 e. The van der Waals surface area contributed by atoms with Crippen molar-refractivity contribution in [3.8, 4) is 11.5 Å². The molecule has 0 amide bonds. The van der Waals surface area contributed by atoms with E-state index < -0.39 is 0 Å². The lowest BCUT2D eigenvalue weighted by Crippen LogP contribution is -2.32. The molecule has 1 saturated heterocycles. The van der Waals surface area contributed by atoms with E-state index in [0.717, 1.165) is 81.1 Å². The summed E-state index contributed by atoms with van der Waals surface area (Å²) in [6, 6.07) is 5.95. The summed E-state index contributed by atoms with van der Waals surface area (Å²) in [5.41, 5.74) is 0.950. The molecule has 0 aromatic heterocycles. The molecular weight excluding hydrogens is 370 g/mol. The van der Waals surface area contributed by atoms with Gasteiger partial charge in [-0.05, 0) is 50.2 Å². The van der Waals surface area contributed by atoms with Crippen molar-refractivity contribution in [2.75, 3.05) is 51.4 Å². The second-order valence-corrected chi connectivity index (χ2v) is 7.96. The number of aliphatic imine (C=N–C) groups is 1. The van der Waals surface area contributed by atoms with Gasteiger partial charge in [0.05, 0.1) is 25.9 Å². The Kier molecular flexibility index (Phi) is 7.48. The monoisotopic (exact) mass is 403 g/mol. The third-order valence-electron chi connectivity index (χ3n) is 5.30. The number of hydrogen-bond donors (Lipinski definition) is 2. The smallest absolute Gasteiger partial charge is 0.195 e. The van der Waals surface area contributed by atoms with Crippen LogP contribution in [0.1, 0.15) is 38.5 Å². The van der Waals surface area contributed by atoms with Crippen LogP contribution in [0.15, 0.2) is 23.2 Å². The summed E-state index contributed by atoms with van der Waals surface area (Å²) in [5, 5.41) is 6.84. The number of hydrogen-bond acceptors (Lipinski definition) is 5. The van der Waals surface area contributed by atoms with Crippen molar-refractivity contribution in [1.29, 1.82) is 0 Å². The van der Waals surface area contributed by atoms with E-state index in [4.69, 9.17) is 23.9 Å². The largest absolute Gasteiger partial charge is 0.490 e. The number of ether oxygens (including phenoxy) is 4. The van der Waals surface area contributed by atoms with Crippen LogP contribution in [-0.2, 0) is 9.47 Å². The zero-order valence-electron chi connectivity index (χ0n) is 17.2. The van der Waals surface area contributed by atoms with Crippen molar-refractivity contribution in [2.24, 2.45) is 10.9 Å². The predicted molar refractivity (Wildman–Crippen MR) is 113 cm³/mol. The molecule has 1 atom stereocenters. The minimum atomic E-state index is 0.291. The van der Waals surface area contributed by atoms with Crippen molar-refractivity contribution in [1.82, 2.24) is 5.32 Å². The van der Waals surface area contributed by atoms with Gasteiger partial charge in [-0.15, -0.1) is 0 Å². The Morgan fingerprint density at radius 2 is 1.97 bits per heavy atom. The highest BCUT2D eigenvalue weighted by molar-refractivity contribution is 5.94. The van der Waals surface area contributed by atoms with Gasteiger partial charge >= 0.3 is 0 Å². The number of guanidine groups is 1. The molecule has 160 valence electrons. The van der Waals surface area contributed by atoms with Crippen LogP contribution in [0.4, 0.5) is 5.69 Å². The van der Waals surface area contributed by atoms with E-state index in [2.05, 4.69) is 10.6 Å². The number of benzene rings is 1. The predicted octanol–water partition coefficient (Wildman–Crippen LogP) is 3.20. The lowest BCUT2D eigenvalue weighted by molar-refractivity contribution is 0.0168. The second-order valence-electron chi connectivity index (χ2n) is 7.96. The van der Waals surface area contributed by atoms with E-state index in [1.165, 1.54) is 12.8 Å². The van der Waals surface area contributed by atoms with E-state index in [0.29, 0.717) is 25.9 Å². The number of rotatable bonds is 9. The van der Waals surface area contributed by atoms with Gasteiger partial charge in [0.15, 0.2) is 17.5 Å². The minimum absolute atomic E-state index is 0.291. The van der Waals surface area contributed by atoms with Gasteiger partial charge in [0.1, 0.15) is 0 Å². The molecule has 0 bridgehead atoms. The highest BCUT2D eigenvalue weighted by Crippen LogP contribution is 2.32. The first-order valence-corrected chi connectivity index (χ1v) is 11.0. The molecule has 1 aromatic carbocycles. The molecule has 2 heterocycles. The lowest BCUT2D eigenvalue weighted by atomic mass is 10.2. The van der Waals surface area contributed by atoms with Crippen molar-refractivity contribution in [2.45, 2.75) is 44.6 Å². The average molecular weight is 404 g/mol. The van der Waals surface area contributed by atoms with Crippen LogP contribution in [0.3, 0.4) is 0 Å². The first-order chi connectivity index (χ1) is 14.4. The van der Waals surface area contributed by atoms with Gasteiger partial charge in [-0.3, -0.25) is 4.99 Å². The van der Waals surface area contributed by atoms with E-state index in [1.54, 1.807) is 0 Å². The Morgan fingerprint density at radius 3 is 2.79 bits per heavy atom. The van der Waals surface area contributed by atoms with Gasteiger partial charge in [-0.25, -0.2) is 0 Å². The van der Waals surface area contributed by atoms with Crippen LogP contribution in [0.5, 0.6) is 11.5 Å². The SMILES string of the molecule is c1cc2c(cc1NC(=NCC1CC1)NCCCOCC1CCCO1)OCCCO2. The summed E-state index contributed by atoms with van der Waals surface area (Å²) in [5.74, 6) is 3.15. The maximum atomic E-state index is 5.79. The molecule has 0 spiro atoms. The van der Waals surface area contributed by atoms with E-state index >= 15 is 0 Å². The fourth-order valence-electron chi connectivity index (χ4n) is 3.41. The van der Waals surface area contributed by atoms with Crippen molar-refractivity contribution < 1.29 is 18.9 Å². The summed E-state index contributed by atoms with van der Waals surface area (Å²) in [7, 11) is 0. The second kappa shape index (κ2) is 10.7. The van der Waals surface area contributed by atoms with Gasteiger partial charge < -0.3 is 29.6 Å². The lowest BCUT2D eigenvalue weighted by Gasteiger charge is -2.15. The standard InChI is InChI=1S/C22H33N3O4/c1-4-19(27-11-1)16-26-10-2-9-23-22(24-15-17-5-6-17)25-18-7-8-20-21(14-18)29-13-3-12-28-20/h7-8,14,17,19H,1-6,9-13,15-16H2,(H2,23,24,25). The molecule has 1 unspecified atom stereocenters. The molecule has 0 radical (unpaired) electrons. The van der Waals surface area contributed by atoms with Gasteiger partial charge in [0.2, 0.25) is 0 Å². The van der Waals surface area contributed by atoms with Gasteiger partial charge in [-0.1, -0.05) is 0 Å². The third kappa shape index (κ3) is 6.78. The Hall–Kier alpha value is -1.99. The van der Waals surface area contributed by atoms with Gasteiger partial charge in [-0.2, -0.15) is 0 Å². The summed E-state index contributed by atoms with van der Waals surface area (Å²) < 4.78 is 22.8. The molecule has 1 aromatic rings. The number of nitrogens with one attached hydrogen (secondary N) is 2. The van der Waals surface area contributed by atoms with E-state index in [9.17, 15) is 0 Å². The average Bonchev–Trinajstić information content (AvgIpc) is 3.48. The van der Waals surface area contributed by atoms with Crippen LogP contribution in [0, 0.1) is 5.92 Å². The molecule has 7 nitrogen and oxygen atoms in total. The molecule has 29 heavy (non-hydrogen) atoms. The number of anilines is 1. The molecular formula is C22H33N3O4. The molecule has 3 aliphatic rings. The maximum absolute atomic E-state index is 5.79. The molecule has 2 N–H and O–H groups in total. The van der Waals surface area contributed by atoms with Crippen LogP contribution in [0.2, 0.25) is 0 Å². The highest BCUT2D eigenvalue weighted by Gasteiger charge is 2.21. The Labute approximate surface area is 173 Å². The van der Waals surface area contributed by atoms with Crippen molar-refractivity contribution >= 4 is 11.6 Å². The number of nitrogens with zero attached hydrogens (tertiary/aromatic N) is 1. The molecule has 4 rings (SSSR count). The topological polar surface area (TPSA) is 73.3 Å². The first kappa shape index (κ1) is 20.3. The Balaban J connectivity index is 1.24. The highest BCUT2D eigenvalue weighted by atomic mass is 16.5. The van der Waals surface area contributed by atoms with Crippen molar-refractivity contribution in [3.63, 3.8) is 0 Å². The molecule has 2 aliphatic heterocycles. The summed E-state index contributed by atoms with van der Waals surface area (Å²) in [6.45, 7) is 5.38. The van der Waals surface area contributed by atoms with Crippen LogP contribution in [0.25, 0.3) is 0 Å².